The second-order valence-electron chi connectivity index (χ2n) is 5.45. The lowest BCUT2D eigenvalue weighted by Gasteiger charge is -2.42. The summed E-state index contributed by atoms with van der Waals surface area (Å²) in [5.41, 5.74) is -0.0789. The van der Waals surface area contributed by atoms with Crippen LogP contribution in [0.3, 0.4) is 0 Å². The third-order valence-corrected chi connectivity index (χ3v) is 4.22. The summed E-state index contributed by atoms with van der Waals surface area (Å²) in [6.45, 7) is 4.89. The lowest BCUT2D eigenvalue weighted by Crippen LogP contribution is -2.61. The van der Waals surface area contributed by atoms with E-state index in [1.807, 2.05) is 0 Å². The highest BCUT2D eigenvalue weighted by Gasteiger charge is 2.48. The second kappa shape index (κ2) is 2.72. The summed E-state index contributed by atoms with van der Waals surface area (Å²) in [7, 11) is 0. The van der Waals surface area contributed by atoms with Crippen LogP contribution in [0.5, 0.6) is 0 Å². The van der Waals surface area contributed by atoms with Gasteiger partial charge in [-0.3, -0.25) is 4.79 Å². The first-order valence-electron chi connectivity index (χ1n) is 5.71. The molecule has 0 radical (unpaired) electrons. The zero-order valence-corrected chi connectivity index (χ0v) is 8.75. The summed E-state index contributed by atoms with van der Waals surface area (Å²) in [5.74, 6) is 1.23. The number of likely N-dealkylation sites (tertiary alicyclic amines) is 1. The summed E-state index contributed by atoms with van der Waals surface area (Å²) in [6, 6.07) is 0.588. The van der Waals surface area contributed by atoms with Crippen LogP contribution in [-0.2, 0) is 4.79 Å². The number of hydrogen-bond donors (Lipinski definition) is 1. The molecule has 3 heteroatoms. The van der Waals surface area contributed by atoms with Crippen LogP contribution in [0.15, 0.2) is 0 Å². The number of nitrogens with one attached hydrogen (secondary N) is 1. The first-order chi connectivity index (χ1) is 6.69. The van der Waals surface area contributed by atoms with Gasteiger partial charge in [-0.2, -0.15) is 0 Å². The van der Waals surface area contributed by atoms with Crippen molar-refractivity contribution in [2.75, 3.05) is 19.6 Å². The van der Waals surface area contributed by atoms with Crippen LogP contribution < -0.4 is 5.32 Å². The van der Waals surface area contributed by atoms with Crippen molar-refractivity contribution in [2.24, 2.45) is 11.3 Å². The van der Waals surface area contributed by atoms with Gasteiger partial charge >= 0.3 is 0 Å². The molecule has 3 fully saturated rings. The number of rotatable bonds is 1. The number of nitrogens with zero attached hydrogens (tertiary/aromatic N) is 1. The quantitative estimate of drug-likeness (QED) is 0.663. The molecule has 78 valence electrons. The summed E-state index contributed by atoms with van der Waals surface area (Å²) < 4.78 is 0. The Morgan fingerprint density at radius 2 is 2.21 bits per heavy atom. The zero-order valence-electron chi connectivity index (χ0n) is 8.75. The Morgan fingerprint density at radius 1 is 1.43 bits per heavy atom. The number of fused-ring (bicyclic) bond motifs is 2. The second-order valence-corrected chi connectivity index (χ2v) is 5.45. The van der Waals surface area contributed by atoms with Crippen molar-refractivity contribution in [2.45, 2.75) is 32.2 Å². The normalized spacial score (nSPS) is 38.5. The average Bonchev–Trinajstić information content (AvgIpc) is 2.73. The van der Waals surface area contributed by atoms with Gasteiger partial charge in [0.05, 0.1) is 5.41 Å². The van der Waals surface area contributed by atoms with Crippen molar-refractivity contribution in [3.63, 3.8) is 0 Å². The fraction of sp³-hybridized carbons (Fsp3) is 0.909. The number of hydrogen-bond acceptors (Lipinski definition) is 2. The molecule has 3 nitrogen and oxygen atoms in total. The highest BCUT2D eigenvalue weighted by Crippen LogP contribution is 2.40. The van der Waals surface area contributed by atoms with Crippen LogP contribution in [0.25, 0.3) is 0 Å². The molecule has 2 aliphatic heterocycles. The Balaban J connectivity index is 1.74. The van der Waals surface area contributed by atoms with Gasteiger partial charge in [-0.05, 0) is 32.1 Å². The maximum atomic E-state index is 12.2. The molecule has 1 amide bonds. The van der Waals surface area contributed by atoms with E-state index in [2.05, 4.69) is 17.1 Å². The van der Waals surface area contributed by atoms with Gasteiger partial charge in [-0.25, -0.2) is 0 Å². The number of carbonyl (C=O) groups excluding carboxylic acids is 1. The standard InChI is InChI=1S/C11H18N2O/c1-11(6-12-7-11)10(14)13-5-8-2-3-9(13)4-8/h8-9,12H,2-7H2,1H3. The molecule has 3 aliphatic rings. The Morgan fingerprint density at radius 3 is 2.64 bits per heavy atom. The summed E-state index contributed by atoms with van der Waals surface area (Å²) in [6.07, 6.45) is 3.87. The molecule has 1 N–H and O–H groups in total. The van der Waals surface area contributed by atoms with Crippen molar-refractivity contribution >= 4 is 5.91 Å². The maximum Gasteiger partial charge on any atom is 0.231 e. The molecule has 2 heterocycles. The molecule has 2 unspecified atom stereocenters. The molecule has 1 saturated carbocycles. The van der Waals surface area contributed by atoms with E-state index in [1.165, 1.54) is 19.3 Å². The van der Waals surface area contributed by atoms with Crippen LogP contribution >= 0.6 is 0 Å². The van der Waals surface area contributed by atoms with E-state index in [1.54, 1.807) is 0 Å². The molecule has 0 spiro atoms. The van der Waals surface area contributed by atoms with Gasteiger partial charge in [0.25, 0.3) is 0 Å². The molecule has 2 atom stereocenters. The topological polar surface area (TPSA) is 32.3 Å². The minimum absolute atomic E-state index is 0.0789. The SMILES string of the molecule is CC1(C(=O)N2CC3CCC2C3)CNC1. The number of piperidine rings is 1. The van der Waals surface area contributed by atoms with Gasteiger partial charge in [0.15, 0.2) is 0 Å². The average molecular weight is 194 g/mol. The molecule has 14 heavy (non-hydrogen) atoms. The van der Waals surface area contributed by atoms with Crippen molar-refractivity contribution in [1.29, 1.82) is 0 Å². The predicted molar refractivity (Wildman–Crippen MR) is 53.8 cm³/mol. The van der Waals surface area contributed by atoms with E-state index in [0.717, 1.165) is 25.6 Å². The summed E-state index contributed by atoms with van der Waals surface area (Å²) >= 11 is 0. The lowest BCUT2D eigenvalue weighted by atomic mass is 9.82. The van der Waals surface area contributed by atoms with E-state index < -0.39 is 0 Å². The van der Waals surface area contributed by atoms with Gasteiger partial charge in [0.1, 0.15) is 0 Å². The lowest BCUT2D eigenvalue weighted by molar-refractivity contribution is -0.145. The monoisotopic (exact) mass is 194 g/mol. The molecule has 3 rings (SSSR count). The van der Waals surface area contributed by atoms with Crippen LogP contribution in [0.2, 0.25) is 0 Å². The molecule has 0 aromatic heterocycles. The van der Waals surface area contributed by atoms with Gasteiger partial charge in [0.2, 0.25) is 5.91 Å². The molecule has 2 saturated heterocycles. The molecule has 2 bridgehead atoms. The molecule has 0 aromatic rings. The minimum Gasteiger partial charge on any atom is -0.339 e. The van der Waals surface area contributed by atoms with Gasteiger partial charge < -0.3 is 10.2 Å². The first-order valence-corrected chi connectivity index (χ1v) is 5.71. The minimum atomic E-state index is -0.0789. The Bertz CT molecular complexity index is 272. The van der Waals surface area contributed by atoms with Gasteiger partial charge in [-0.15, -0.1) is 0 Å². The van der Waals surface area contributed by atoms with E-state index in [9.17, 15) is 4.79 Å². The molecule has 1 aliphatic carbocycles. The number of carbonyl (C=O) groups is 1. The zero-order chi connectivity index (χ0) is 9.76. The Kier molecular flexibility index (Phi) is 1.69. The van der Waals surface area contributed by atoms with E-state index >= 15 is 0 Å². The number of amides is 1. The fourth-order valence-electron chi connectivity index (χ4n) is 3.17. The largest absolute Gasteiger partial charge is 0.339 e. The van der Waals surface area contributed by atoms with Crippen molar-refractivity contribution in [3.8, 4) is 0 Å². The van der Waals surface area contributed by atoms with Crippen molar-refractivity contribution < 1.29 is 4.79 Å². The molecular weight excluding hydrogens is 176 g/mol. The van der Waals surface area contributed by atoms with Crippen molar-refractivity contribution in [1.82, 2.24) is 10.2 Å². The first kappa shape index (κ1) is 8.72. The van der Waals surface area contributed by atoms with E-state index in [-0.39, 0.29) is 5.41 Å². The van der Waals surface area contributed by atoms with Crippen molar-refractivity contribution in [3.05, 3.63) is 0 Å². The highest BCUT2D eigenvalue weighted by atomic mass is 16.2. The molecular formula is C11H18N2O. The van der Waals surface area contributed by atoms with Gasteiger partial charge in [-0.1, -0.05) is 0 Å². The highest BCUT2D eigenvalue weighted by molar-refractivity contribution is 5.84. The Labute approximate surface area is 84.8 Å². The smallest absolute Gasteiger partial charge is 0.231 e. The summed E-state index contributed by atoms with van der Waals surface area (Å²) in [5, 5.41) is 3.20. The van der Waals surface area contributed by atoms with Crippen LogP contribution in [0.4, 0.5) is 0 Å². The fourth-order valence-corrected chi connectivity index (χ4v) is 3.17. The Hall–Kier alpha value is -0.570. The van der Waals surface area contributed by atoms with Gasteiger partial charge in [0, 0.05) is 25.7 Å². The van der Waals surface area contributed by atoms with E-state index in [0.29, 0.717) is 11.9 Å². The predicted octanol–water partition coefficient (Wildman–Crippen LogP) is 0.607. The maximum absolute atomic E-state index is 12.2. The molecule has 0 aromatic carbocycles. The summed E-state index contributed by atoms with van der Waals surface area (Å²) in [4.78, 5) is 14.4. The van der Waals surface area contributed by atoms with E-state index in [4.69, 9.17) is 0 Å². The van der Waals surface area contributed by atoms with Crippen LogP contribution in [0, 0.1) is 11.3 Å². The van der Waals surface area contributed by atoms with Crippen LogP contribution in [-0.4, -0.2) is 36.5 Å². The van der Waals surface area contributed by atoms with Crippen LogP contribution in [0.1, 0.15) is 26.2 Å². The third kappa shape index (κ3) is 1.05. The third-order valence-electron chi connectivity index (χ3n) is 4.22.